The van der Waals surface area contributed by atoms with Crippen LogP contribution in [-0.4, -0.2) is 32.2 Å². The molecule has 0 spiro atoms. The first-order valence-corrected chi connectivity index (χ1v) is 8.70. The Kier molecular flexibility index (Phi) is 4.20. The Morgan fingerprint density at radius 1 is 1.31 bits per heavy atom. The van der Waals surface area contributed by atoms with E-state index in [0.717, 1.165) is 28.4 Å². The van der Waals surface area contributed by atoms with Crippen LogP contribution in [0.15, 0.2) is 47.3 Å². The number of benzene rings is 1. The molecule has 2 amide bonds. The molecule has 1 unspecified atom stereocenters. The molecule has 1 aliphatic rings. The molecule has 0 saturated heterocycles. The van der Waals surface area contributed by atoms with Gasteiger partial charge in [-0.15, -0.1) is 0 Å². The number of urea groups is 1. The standard InChI is InChI=1S/C19H21N5O2/c1-13(16-10-21-24(14(16)2)15-6-4-3-5-7-15)22-19(25)23-9-8-18-17(11-23)20-12-26-18/h3-7,10,12-13H,8-9,11H2,1-2H3,(H,22,25). The Balaban J connectivity index is 1.46. The highest BCUT2D eigenvalue weighted by molar-refractivity contribution is 5.75. The minimum atomic E-state index is -0.140. The van der Waals surface area contributed by atoms with Crippen molar-refractivity contribution >= 4 is 6.03 Å². The van der Waals surface area contributed by atoms with Crippen LogP contribution >= 0.6 is 0 Å². The molecule has 1 N–H and O–H groups in total. The Morgan fingerprint density at radius 3 is 2.92 bits per heavy atom. The van der Waals surface area contributed by atoms with Crippen LogP contribution in [0.2, 0.25) is 0 Å². The molecule has 0 fully saturated rings. The summed E-state index contributed by atoms with van der Waals surface area (Å²) in [4.78, 5) is 18.6. The molecule has 4 rings (SSSR count). The number of carbonyl (C=O) groups is 1. The van der Waals surface area contributed by atoms with Crippen LogP contribution in [0.4, 0.5) is 4.79 Å². The second-order valence-electron chi connectivity index (χ2n) is 6.50. The number of hydrogen-bond donors (Lipinski definition) is 1. The SMILES string of the molecule is Cc1c(C(C)NC(=O)N2CCc3ocnc3C2)cnn1-c1ccccc1. The second-order valence-corrected chi connectivity index (χ2v) is 6.50. The number of para-hydroxylation sites is 1. The fourth-order valence-electron chi connectivity index (χ4n) is 3.33. The molecule has 26 heavy (non-hydrogen) atoms. The zero-order valence-electron chi connectivity index (χ0n) is 14.8. The lowest BCUT2D eigenvalue weighted by Gasteiger charge is -2.27. The quantitative estimate of drug-likeness (QED) is 0.787. The van der Waals surface area contributed by atoms with Crippen LogP contribution < -0.4 is 5.32 Å². The van der Waals surface area contributed by atoms with Gasteiger partial charge in [0.05, 0.1) is 24.5 Å². The first-order chi connectivity index (χ1) is 12.6. The third kappa shape index (κ3) is 2.96. The van der Waals surface area contributed by atoms with Crippen molar-refractivity contribution in [3.05, 3.63) is 65.6 Å². The van der Waals surface area contributed by atoms with Gasteiger partial charge in [0.1, 0.15) is 11.5 Å². The fourth-order valence-corrected chi connectivity index (χ4v) is 3.33. The number of fused-ring (bicyclic) bond motifs is 1. The molecule has 134 valence electrons. The summed E-state index contributed by atoms with van der Waals surface area (Å²) in [7, 11) is 0. The largest absolute Gasteiger partial charge is 0.448 e. The molecule has 1 aromatic carbocycles. The van der Waals surface area contributed by atoms with E-state index in [2.05, 4.69) is 15.4 Å². The summed E-state index contributed by atoms with van der Waals surface area (Å²) in [5.74, 6) is 0.877. The number of rotatable bonds is 3. The molecule has 7 nitrogen and oxygen atoms in total. The number of carbonyl (C=O) groups excluding carboxylic acids is 1. The molecule has 0 saturated carbocycles. The molecule has 2 aromatic heterocycles. The molecule has 0 bridgehead atoms. The van der Waals surface area contributed by atoms with Crippen LogP contribution in [0.25, 0.3) is 5.69 Å². The molecule has 3 heterocycles. The highest BCUT2D eigenvalue weighted by Gasteiger charge is 2.25. The molecule has 0 aliphatic carbocycles. The van der Waals surface area contributed by atoms with Crippen molar-refractivity contribution in [1.82, 2.24) is 25.0 Å². The van der Waals surface area contributed by atoms with Crippen molar-refractivity contribution in [1.29, 1.82) is 0 Å². The summed E-state index contributed by atoms with van der Waals surface area (Å²) in [6.45, 7) is 5.10. The number of oxazole rings is 1. The molecule has 0 radical (unpaired) electrons. The van der Waals surface area contributed by atoms with Crippen LogP contribution in [0.1, 0.15) is 35.7 Å². The molecular weight excluding hydrogens is 330 g/mol. The Bertz CT molecular complexity index is 915. The van der Waals surface area contributed by atoms with Gasteiger partial charge in [0.25, 0.3) is 0 Å². The number of aromatic nitrogens is 3. The fraction of sp³-hybridized carbons (Fsp3) is 0.316. The number of amides is 2. The van der Waals surface area contributed by atoms with Gasteiger partial charge in [-0.05, 0) is 26.0 Å². The lowest BCUT2D eigenvalue weighted by atomic mass is 10.1. The van der Waals surface area contributed by atoms with Gasteiger partial charge in [-0.3, -0.25) is 0 Å². The van der Waals surface area contributed by atoms with Crippen molar-refractivity contribution in [2.75, 3.05) is 6.54 Å². The van der Waals surface area contributed by atoms with E-state index in [-0.39, 0.29) is 12.1 Å². The van der Waals surface area contributed by atoms with Gasteiger partial charge in [0.2, 0.25) is 0 Å². The predicted molar refractivity (Wildman–Crippen MR) is 95.9 cm³/mol. The van der Waals surface area contributed by atoms with E-state index in [9.17, 15) is 4.79 Å². The second kappa shape index (κ2) is 6.67. The van der Waals surface area contributed by atoms with E-state index >= 15 is 0 Å². The van der Waals surface area contributed by atoms with Crippen molar-refractivity contribution in [2.24, 2.45) is 0 Å². The van der Waals surface area contributed by atoms with Crippen LogP contribution in [-0.2, 0) is 13.0 Å². The molecule has 1 atom stereocenters. The predicted octanol–water partition coefficient (Wildman–Crippen LogP) is 3.00. The Hall–Kier alpha value is -3.09. The van der Waals surface area contributed by atoms with Gasteiger partial charge in [-0.2, -0.15) is 5.10 Å². The monoisotopic (exact) mass is 351 g/mol. The van der Waals surface area contributed by atoms with E-state index in [1.54, 1.807) is 4.90 Å². The van der Waals surface area contributed by atoms with Gasteiger partial charge in [0.15, 0.2) is 6.39 Å². The van der Waals surface area contributed by atoms with Crippen LogP contribution in [0.3, 0.4) is 0 Å². The molecule has 1 aliphatic heterocycles. The van der Waals surface area contributed by atoms with Crippen molar-refractivity contribution in [2.45, 2.75) is 32.9 Å². The lowest BCUT2D eigenvalue weighted by molar-refractivity contribution is 0.186. The van der Waals surface area contributed by atoms with Gasteiger partial charge >= 0.3 is 6.03 Å². The third-order valence-corrected chi connectivity index (χ3v) is 4.82. The third-order valence-electron chi connectivity index (χ3n) is 4.82. The van der Waals surface area contributed by atoms with E-state index < -0.39 is 0 Å². The topological polar surface area (TPSA) is 76.2 Å². The maximum atomic E-state index is 12.6. The molecule has 3 aromatic rings. The number of nitrogens with zero attached hydrogens (tertiary/aromatic N) is 4. The average Bonchev–Trinajstić information content (AvgIpc) is 3.28. The van der Waals surface area contributed by atoms with Crippen LogP contribution in [0.5, 0.6) is 0 Å². The maximum Gasteiger partial charge on any atom is 0.318 e. The summed E-state index contributed by atoms with van der Waals surface area (Å²) in [6, 6.07) is 9.72. The van der Waals surface area contributed by atoms with E-state index in [1.807, 2.05) is 55.1 Å². The van der Waals surface area contributed by atoms with Crippen molar-refractivity contribution < 1.29 is 9.21 Å². The van der Waals surface area contributed by atoms with E-state index in [1.165, 1.54) is 6.39 Å². The highest BCUT2D eigenvalue weighted by Crippen LogP contribution is 2.22. The van der Waals surface area contributed by atoms with Gasteiger partial charge in [0, 0.05) is 24.2 Å². The van der Waals surface area contributed by atoms with Crippen molar-refractivity contribution in [3.8, 4) is 5.69 Å². The zero-order chi connectivity index (χ0) is 18.1. The van der Waals surface area contributed by atoms with Gasteiger partial charge in [-0.25, -0.2) is 14.5 Å². The minimum absolute atomic E-state index is 0.0991. The summed E-state index contributed by atoms with van der Waals surface area (Å²) in [5.41, 5.74) is 3.86. The molecule has 7 heteroatoms. The van der Waals surface area contributed by atoms with Crippen LogP contribution in [0, 0.1) is 6.92 Å². The number of hydrogen-bond acceptors (Lipinski definition) is 4. The minimum Gasteiger partial charge on any atom is -0.448 e. The smallest absolute Gasteiger partial charge is 0.318 e. The van der Waals surface area contributed by atoms with E-state index in [0.29, 0.717) is 19.5 Å². The highest BCUT2D eigenvalue weighted by atomic mass is 16.3. The summed E-state index contributed by atoms with van der Waals surface area (Å²) < 4.78 is 7.20. The first-order valence-electron chi connectivity index (χ1n) is 8.70. The number of nitrogens with one attached hydrogen (secondary N) is 1. The Morgan fingerprint density at radius 2 is 2.12 bits per heavy atom. The average molecular weight is 351 g/mol. The van der Waals surface area contributed by atoms with Crippen molar-refractivity contribution in [3.63, 3.8) is 0 Å². The first kappa shape index (κ1) is 16.4. The molecular formula is C19H21N5O2. The van der Waals surface area contributed by atoms with E-state index in [4.69, 9.17) is 4.42 Å². The van der Waals surface area contributed by atoms with Gasteiger partial charge in [-0.1, -0.05) is 18.2 Å². The summed E-state index contributed by atoms with van der Waals surface area (Å²) in [5, 5.41) is 7.55. The lowest BCUT2D eigenvalue weighted by Crippen LogP contribution is -2.43. The Labute approximate surface area is 151 Å². The normalized spacial score (nSPS) is 14.8. The summed E-state index contributed by atoms with van der Waals surface area (Å²) >= 11 is 0. The van der Waals surface area contributed by atoms with Gasteiger partial charge < -0.3 is 14.6 Å². The zero-order valence-corrected chi connectivity index (χ0v) is 14.8. The maximum absolute atomic E-state index is 12.6. The summed E-state index contributed by atoms with van der Waals surface area (Å²) in [6.07, 6.45) is 3.96.